The second kappa shape index (κ2) is 8.24. The molecule has 0 unspecified atom stereocenters. The smallest absolute Gasteiger partial charge is 0.324 e. The van der Waals surface area contributed by atoms with E-state index in [9.17, 15) is 23.5 Å². The van der Waals surface area contributed by atoms with Gasteiger partial charge in [0.25, 0.3) is 0 Å². The Bertz CT molecular complexity index is 922. The lowest BCUT2D eigenvalue weighted by Crippen LogP contribution is -2.42. The topological polar surface area (TPSA) is 60.9 Å². The second-order valence-corrected chi connectivity index (χ2v) is 7.13. The summed E-state index contributed by atoms with van der Waals surface area (Å²) in [6.45, 7) is 1.72. The first-order valence-corrected chi connectivity index (χ1v) is 9.13. The number of halogens is 3. The Balaban J connectivity index is 1.95. The number of carbonyl (C=O) groups is 2. The van der Waals surface area contributed by atoms with Crippen LogP contribution in [-0.4, -0.2) is 41.0 Å². The number of hydrogen-bond acceptors (Lipinski definition) is 3. The summed E-state index contributed by atoms with van der Waals surface area (Å²) in [6, 6.07) is 7.41. The fourth-order valence-electron chi connectivity index (χ4n) is 3.07. The number of anilines is 1. The van der Waals surface area contributed by atoms with E-state index in [1.54, 1.807) is 0 Å². The van der Waals surface area contributed by atoms with Gasteiger partial charge in [0.15, 0.2) is 5.78 Å². The van der Waals surface area contributed by atoms with Crippen molar-refractivity contribution in [2.24, 2.45) is 0 Å². The summed E-state index contributed by atoms with van der Waals surface area (Å²) < 4.78 is 28.1. The fraction of sp³-hybridized carbons (Fsp3) is 0.300. The third-order valence-corrected chi connectivity index (χ3v) is 4.96. The van der Waals surface area contributed by atoms with Crippen LogP contribution in [0.4, 0.5) is 19.3 Å². The zero-order valence-corrected chi connectivity index (χ0v) is 15.9. The molecule has 8 heteroatoms. The van der Waals surface area contributed by atoms with Gasteiger partial charge in [-0.25, -0.2) is 13.6 Å². The third-order valence-electron chi connectivity index (χ3n) is 4.67. The summed E-state index contributed by atoms with van der Waals surface area (Å²) in [5, 5.41) is 9.56. The van der Waals surface area contributed by atoms with E-state index in [4.69, 9.17) is 11.6 Å². The van der Waals surface area contributed by atoms with Crippen LogP contribution in [0, 0.1) is 11.6 Å². The summed E-state index contributed by atoms with van der Waals surface area (Å²) in [7, 11) is 0. The number of Topliss-reactive ketones (excluding diaryl/α,β-unsaturated/α-hetero) is 1. The van der Waals surface area contributed by atoms with E-state index in [0.717, 1.165) is 12.1 Å². The molecule has 1 aliphatic heterocycles. The zero-order chi connectivity index (χ0) is 20.4. The van der Waals surface area contributed by atoms with Crippen molar-refractivity contribution >= 4 is 29.1 Å². The maximum atomic E-state index is 14.5. The molecule has 1 fully saturated rings. The minimum absolute atomic E-state index is 0.141. The van der Waals surface area contributed by atoms with E-state index in [-0.39, 0.29) is 35.0 Å². The number of hydrogen-bond donors (Lipinski definition) is 1. The van der Waals surface area contributed by atoms with E-state index in [1.165, 1.54) is 41.0 Å². The minimum atomic E-state index is -0.633. The molecular formula is C20H19ClF2N2O3. The van der Waals surface area contributed by atoms with Gasteiger partial charge in [-0.05, 0) is 37.6 Å². The normalized spacial score (nSPS) is 16.3. The van der Waals surface area contributed by atoms with Gasteiger partial charge in [0.05, 0.1) is 17.7 Å². The maximum absolute atomic E-state index is 14.5. The van der Waals surface area contributed by atoms with Crippen LogP contribution in [0.5, 0.6) is 0 Å². The number of nitrogens with zero attached hydrogens (tertiary/aromatic N) is 2. The number of aliphatic hydroxyl groups is 1. The van der Waals surface area contributed by atoms with Gasteiger partial charge in [0.2, 0.25) is 0 Å². The number of urea groups is 1. The predicted molar refractivity (Wildman–Crippen MR) is 102 cm³/mol. The molecule has 0 aliphatic carbocycles. The molecule has 0 spiro atoms. The number of amides is 2. The molecule has 1 heterocycles. The number of benzene rings is 2. The number of carbonyl (C=O) groups excluding carboxylic acids is 2. The highest BCUT2D eigenvalue weighted by Gasteiger charge is 2.30. The van der Waals surface area contributed by atoms with Gasteiger partial charge in [-0.2, -0.15) is 0 Å². The van der Waals surface area contributed by atoms with Crippen molar-refractivity contribution < 1.29 is 23.5 Å². The minimum Gasteiger partial charge on any atom is -0.391 e. The molecule has 0 radical (unpaired) electrons. The molecule has 28 heavy (non-hydrogen) atoms. The lowest BCUT2D eigenvalue weighted by atomic mass is 10.1. The van der Waals surface area contributed by atoms with Crippen LogP contribution in [0.3, 0.4) is 0 Å². The fourth-order valence-corrected chi connectivity index (χ4v) is 3.25. The number of rotatable bonds is 4. The summed E-state index contributed by atoms with van der Waals surface area (Å²) in [5.41, 5.74) is 0.720. The average Bonchev–Trinajstić information content (AvgIpc) is 3.09. The lowest BCUT2D eigenvalue weighted by molar-refractivity contribution is 0.101. The van der Waals surface area contributed by atoms with Crippen LogP contribution in [0.1, 0.15) is 29.3 Å². The zero-order valence-electron chi connectivity index (χ0n) is 15.2. The SMILES string of the molecule is CC(=O)c1ccc(CN(C(=O)N2CC[C@@H](O)C2)c2ccc(F)c(Cl)c2)c(F)c1. The Morgan fingerprint density at radius 1 is 1.21 bits per heavy atom. The standard InChI is InChI=1S/C20H19ClF2N2O3/c1-12(26)13-2-3-14(19(23)8-13)10-25(15-4-5-18(22)17(21)9-15)20(28)24-7-6-16(27)11-24/h2-5,8-9,16,27H,6-7,10-11H2,1H3/t16-/m1/s1. The highest BCUT2D eigenvalue weighted by Crippen LogP contribution is 2.27. The van der Waals surface area contributed by atoms with Crippen LogP contribution in [0.15, 0.2) is 36.4 Å². The number of ketones is 1. The molecule has 2 aromatic carbocycles. The Hall–Kier alpha value is -2.51. The summed E-state index contributed by atoms with van der Waals surface area (Å²) in [5.74, 6) is -1.53. The summed E-state index contributed by atoms with van der Waals surface area (Å²) in [6.07, 6.45) is -0.167. The molecule has 3 rings (SSSR count). The molecular weight excluding hydrogens is 390 g/mol. The van der Waals surface area contributed by atoms with Crippen molar-refractivity contribution in [2.75, 3.05) is 18.0 Å². The van der Waals surface area contributed by atoms with Gasteiger partial charge < -0.3 is 10.0 Å². The van der Waals surface area contributed by atoms with E-state index in [2.05, 4.69) is 0 Å². The first-order valence-electron chi connectivity index (χ1n) is 8.75. The Morgan fingerprint density at radius 3 is 2.54 bits per heavy atom. The number of β-amino-alcohol motifs (C(OH)–C–C–N with tert-alkyl or cyclic N) is 1. The Kier molecular flexibility index (Phi) is 5.96. The number of aliphatic hydroxyl groups excluding tert-OH is 1. The van der Waals surface area contributed by atoms with Crippen molar-refractivity contribution in [1.82, 2.24) is 4.90 Å². The van der Waals surface area contributed by atoms with Crippen molar-refractivity contribution in [3.05, 3.63) is 64.2 Å². The molecule has 0 saturated carbocycles. The number of likely N-dealkylation sites (tertiary alicyclic amines) is 1. The molecule has 1 N–H and O–H groups in total. The molecule has 1 atom stereocenters. The monoisotopic (exact) mass is 408 g/mol. The first kappa shape index (κ1) is 20.2. The van der Waals surface area contributed by atoms with Crippen LogP contribution in [-0.2, 0) is 6.54 Å². The molecule has 0 aromatic heterocycles. The predicted octanol–water partition coefficient (Wildman–Crippen LogP) is 4.01. The highest BCUT2D eigenvalue weighted by atomic mass is 35.5. The summed E-state index contributed by atoms with van der Waals surface area (Å²) >= 11 is 5.86. The molecule has 5 nitrogen and oxygen atoms in total. The quantitative estimate of drug-likeness (QED) is 0.777. The molecule has 1 aliphatic rings. The molecule has 1 saturated heterocycles. The molecule has 2 amide bonds. The Morgan fingerprint density at radius 2 is 1.96 bits per heavy atom. The molecule has 2 aromatic rings. The molecule has 0 bridgehead atoms. The third kappa shape index (κ3) is 4.31. The van der Waals surface area contributed by atoms with Crippen molar-refractivity contribution in [3.8, 4) is 0 Å². The summed E-state index contributed by atoms with van der Waals surface area (Å²) in [4.78, 5) is 27.2. The average molecular weight is 409 g/mol. The maximum Gasteiger partial charge on any atom is 0.324 e. The van der Waals surface area contributed by atoms with Crippen LogP contribution >= 0.6 is 11.6 Å². The van der Waals surface area contributed by atoms with Crippen LogP contribution in [0.2, 0.25) is 5.02 Å². The Labute approximate surface area is 166 Å². The van der Waals surface area contributed by atoms with Gasteiger partial charge in [-0.15, -0.1) is 0 Å². The second-order valence-electron chi connectivity index (χ2n) is 6.72. The van der Waals surface area contributed by atoms with Gasteiger partial charge in [0.1, 0.15) is 11.6 Å². The van der Waals surface area contributed by atoms with E-state index in [0.29, 0.717) is 18.7 Å². The van der Waals surface area contributed by atoms with E-state index < -0.39 is 23.8 Å². The molecule has 148 valence electrons. The van der Waals surface area contributed by atoms with Gasteiger partial charge >= 0.3 is 6.03 Å². The van der Waals surface area contributed by atoms with Crippen molar-refractivity contribution in [2.45, 2.75) is 26.0 Å². The van der Waals surface area contributed by atoms with Crippen LogP contribution in [0.25, 0.3) is 0 Å². The van der Waals surface area contributed by atoms with Gasteiger partial charge in [-0.3, -0.25) is 9.69 Å². The van der Waals surface area contributed by atoms with Crippen LogP contribution < -0.4 is 4.90 Å². The largest absolute Gasteiger partial charge is 0.391 e. The van der Waals surface area contributed by atoms with Gasteiger partial charge in [0, 0.05) is 29.9 Å². The van der Waals surface area contributed by atoms with Gasteiger partial charge in [-0.1, -0.05) is 23.7 Å². The van der Waals surface area contributed by atoms with E-state index >= 15 is 0 Å². The first-order chi connectivity index (χ1) is 13.3. The van der Waals surface area contributed by atoms with E-state index in [1.807, 2.05) is 0 Å². The van der Waals surface area contributed by atoms with Crippen molar-refractivity contribution in [1.29, 1.82) is 0 Å². The van der Waals surface area contributed by atoms with Crippen molar-refractivity contribution in [3.63, 3.8) is 0 Å². The lowest BCUT2D eigenvalue weighted by Gasteiger charge is -2.28. The highest BCUT2D eigenvalue weighted by molar-refractivity contribution is 6.31.